The van der Waals surface area contributed by atoms with Crippen molar-refractivity contribution in [2.75, 3.05) is 13.2 Å². The Labute approximate surface area is 121 Å². The molecule has 0 spiro atoms. The number of carbonyl (C=O) groups is 2. The van der Waals surface area contributed by atoms with Crippen LogP contribution < -0.4 is 10.6 Å². The van der Waals surface area contributed by atoms with E-state index in [2.05, 4.69) is 15.6 Å². The summed E-state index contributed by atoms with van der Waals surface area (Å²) in [6, 6.07) is -1.06. The van der Waals surface area contributed by atoms with Crippen LogP contribution in [0.3, 0.4) is 0 Å². The van der Waals surface area contributed by atoms with Crippen molar-refractivity contribution >= 4 is 12.0 Å². The van der Waals surface area contributed by atoms with Gasteiger partial charge in [-0.25, -0.2) is 9.78 Å². The molecule has 2 heterocycles. The monoisotopic (exact) mass is 297 g/mol. The number of aromatic nitrogens is 1. The van der Waals surface area contributed by atoms with Gasteiger partial charge in [0.15, 0.2) is 0 Å². The van der Waals surface area contributed by atoms with Gasteiger partial charge in [-0.3, -0.25) is 4.79 Å². The lowest BCUT2D eigenvalue weighted by Gasteiger charge is -2.25. The van der Waals surface area contributed by atoms with E-state index in [1.54, 1.807) is 13.8 Å². The molecule has 0 saturated carbocycles. The molecular weight excluding hydrogens is 278 g/mol. The van der Waals surface area contributed by atoms with Crippen molar-refractivity contribution in [3.05, 3.63) is 17.3 Å². The topological polar surface area (TPSA) is 114 Å². The molecule has 1 fully saturated rings. The van der Waals surface area contributed by atoms with E-state index >= 15 is 0 Å². The summed E-state index contributed by atoms with van der Waals surface area (Å²) in [6.07, 6.45) is 0. The van der Waals surface area contributed by atoms with Crippen LogP contribution in [0.5, 0.6) is 0 Å². The number of oxazole rings is 1. The van der Waals surface area contributed by atoms with E-state index in [9.17, 15) is 14.7 Å². The normalized spacial score (nSPS) is 24.8. The van der Waals surface area contributed by atoms with Crippen molar-refractivity contribution in [3.8, 4) is 0 Å². The van der Waals surface area contributed by atoms with Crippen LogP contribution in [-0.2, 0) is 16.1 Å². The molecule has 1 aromatic heterocycles. The van der Waals surface area contributed by atoms with E-state index in [4.69, 9.17) is 9.15 Å². The fraction of sp³-hybridized carbons (Fsp3) is 0.615. The first kappa shape index (κ1) is 15.3. The highest BCUT2D eigenvalue weighted by Crippen LogP contribution is 2.28. The zero-order chi connectivity index (χ0) is 15.6. The van der Waals surface area contributed by atoms with Crippen molar-refractivity contribution in [3.63, 3.8) is 0 Å². The molecule has 116 valence electrons. The van der Waals surface area contributed by atoms with Gasteiger partial charge in [-0.05, 0) is 20.8 Å². The van der Waals surface area contributed by atoms with Crippen molar-refractivity contribution in [2.45, 2.75) is 33.4 Å². The van der Waals surface area contributed by atoms with Gasteiger partial charge in [0.05, 0.1) is 31.5 Å². The summed E-state index contributed by atoms with van der Waals surface area (Å²) >= 11 is 0. The van der Waals surface area contributed by atoms with Crippen LogP contribution in [0.25, 0.3) is 0 Å². The Kier molecular flexibility index (Phi) is 4.17. The van der Waals surface area contributed by atoms with Gasteiger partial charge in [-0.2, -0.15) is 0 Å². The maximum absolute atomic E-state index is 11.8. The Balaban J connectivity index is 1.88. The van der Waals surface area contributed by atoms with Crippen LogP contribution in [0, 0.1) is 19.3 Å². The minimum atomic E-state index is -1.12. The van der Waals surface area contributed by atoms with E-state index in [0.717, 1.165) is 5.69 Å². The van der Waals surface area contributed by atoms with Gasteiger partial charge in [-0.15, -0.1) is 0 Å². The van der Waals surface area contributed by atoms with Crippen LogP contribution in [-0.4, -0.2) is 41.3 Å². The highest BCUT2D eigenvalue weighted by molar-refractivity contribution is 5.79. The quantitative estimate of drug-likeness (QED) is 0.749. The third-order valence-corrected chi connectivity index (χ3v) is 3.72. The number of hydrogen-bond donors (Lipinski definition) is 3. The lowest BCUT2D eigenvalue weighted by Crippen LogP contribution is -2.52. The summed E-state index contributed by atoms with van der Waals surface area (Å²) in [4.78, 5) is 27.2. The first-order chi connectivity index (χ1) is 9.83. The molecule has 8 nitrogen and oxygen atoms in total. The summed E-state index contributed by atoms with van der Waals surface area (Å²) in [7, 11) is 0. The largest absolute Gasteiger partial charge is 0.481 e. The Hall–Kier alpha value is -2.09. The number of nitrogens with one attached hydrogen (secondary N) is 2. The van der Waals surface area contributed by atoms with E-state index in [-0.39, 0.29) is 19.8 Å². The van der Waals surface area contributed by atoms with E-state index in [0.29, 0.717) is 11.7 Å². The van der Waals surface area contributed by atoms with Crippen LogP contribution in [0.1, 0.15) is 24.3 Å². The Morgan fingerprint density at radius 2 is 2.19 bits per heavy atom. The summed E-state index contributed by atoms with van der Waals surface area (Å²) in [5.74, 6) is 0.114. The second kappa shape index (κ2) is 5.72. The highest BCUT2D eigenvalue weighted by Gasteiger charge is 2.47. The SMILES string of the molecule is Cc1nc(CNC(=O)NC2COCC2(C)C(=O)O)oc1C. The van der Waals surface area contributed by atoms with Crippen molar-refractivity contribution in [1.29, 1.82) is 0 Å². The number of aryl methyl sites for hydroxylation is 2. The first-order valence-electron chi connectivity index (χ1n) is 6.61. The molecule has 0 radical (unpaired) electrons. The molecule has 1 aromatic rings. The van der Waals surface area contributed by atoms with Crippen LogP contribution in [0.2, 0.25) is 0 Å². The Morgan fingerprint density at radius 1 is 1.48 bits per heavy atom. The Bertz CT molecular complexity index is 537. The number of ether oxygens (including phenoxy) is 1. The predicted molar refractivity (Wildman–Crippen MR) is 71.7 cm³/mol. The number of hydrogen-bond acceptors (Lipinski definition) is 5. The molecule has 2 rings (SSSR count). The van der Waals surface area contributed by atoms with Crippen molar-refractivity contribution in [1.82, 2.24) is 15.6 Å². The fourth-order valence-corrected chi connectivity index (χ4v) is 2.06. The van der Waals surface area contributed by atoms with E-state index in [1.807, 2.05) is 6.92 Å². The number of carbonyl (C=O) groups excluding carboxylic acids is 1. The van der Waals surface area contributed by atoms with Gasteiger partial charge in [0, 0.05) is 0 Å². The number of carboxylic acid groups (broad SMARTS) is 1. The fourth-order valence-electron chi connectivity index (χ4n) is 2.06. The second-order valence-electron chi connectivity index (χ2n) is 5.37. The van der Waals surface area contributed by atoms with Gasteiger partial charge in [-0.1, -0.05) is 0 Å². The highest BCUT2D eigenvalue weighted by atomic mass is 16.5. The van der Waals surface area contributed by atoms with Crippen LogP contribution in [0.15, 0.2) is 4.42 Å². The van der Waals surface area contributed by atoms with E-state index < -0.39 is 23.5 Å². The molecule has 3 N–H and O–H groups in total. The van der Waals surface area contributed by atoms with Gasteiger partial charge in [0.2, 0.25) is 5.89 Å². The molecular formula is C13H19N3O5. The number of carboxylic acids is 1. The van der Waals surface area contributed by atoms with Gasteiger partial charge in [0.1, 0.15) is 11.2 Å². The summed E-state index contributed by atoms with van der Waals surface area (Å²) in [5, 5.41) is 14.4. The number of urea groups is 1. The molecule has 2 amide bonds. The average Bonchev–Trinajstić information content (AvgIpc) is 2.93. The minimum Gasteiger partial charge on any atom is -0.481 e. The molecule has 0 aromatic carbocycles. The van der Waals surface area contributed by atoms with Crippen molar-refractivity contribution in [2.24, 2.45) is 5.41 Å². The van der Waals surface area contributed by atoms with Crippen molar-refractivity contribution < 1.29 is 23.8 Å². The maximum Gasteiger partial charge on any atom is 0.315 e. The molecule has 0 aliphatic carbocycles. The molecule has 2 atom stereocenters. The number of aliphatic carboxylic acids is 1. The maximum atomic E-state index is 11.8. The lowest BCUT2D eigenvalue weighted by atomic mass is 9.85. The molecule has 21 heavy (non-hydrogen) atoms. The third kappa shape index (κ3) is 3.15. The summed E-state index contributed by atoms with van der Waals surface area (Å²) in [5.41, 5.74) is -0.345. The summed E-state index contributed by atoms with van der Waals surface area (Å²) < 4.78 is 10.5. The zero-order valence-corrected chi connectivity index (χ0v) is 12.2. The predicted octanol–water partition coefficient (Wildman–Crippen LogP) is 0.580. The summed E-state index contributed by atoms with van der Waals surface area (Å²) in [6.45, 7) is 5.54. The first-order valence-corrected chi connectivity index (χ1v) is 6.61. The number of nitrogens with zero attached hydrogens (tertiary/aromatic N) is 1. The van der Waals surface area contributed by atoms with E-state index in [1.165, 1.54) is 0 Å². The minimum absolute atomic E-state index is 0.0748. The average molecular weight is 297 g/mol. The zero-order valence-electron chi connectivity index (χ0n) is 12.2. The molecule has 1 aliphatic heterocycles. The molecule has 0 bridgehead atoms. The lowest BCUT2D eigenvalue weighted by molar-refractivity contribution is -0.148. The van der Waals surface area contributed by atoms with Gasteiger partial charge in [0.25, 0.3) is 0 Å². The second-order valence-corrected chi connectivity index (χ2v) is 5.37. The Morgan fingerprint density at radius 3 is 2.76 bits per heavy atom. The smallest absolute Gasteiger partial charge is 0.315 e. The molecule has 8 heteroatoms. The van der Waals surface area contributed by atoms with Crippen LogP contribution in [0.4, 0.5) is 4.79 Å². The van der Waals surface area contributed by atoms with Gasteiger partial charge >= 0.3 is 12.0 Å². The number of rotatable bonds is 4. The van der Waals surface area contributed by atoms with Crippen LogP contribution >= 0.6 is 0 Å². The van der Waals surface area contributed by atoms with Gasteiger partial charge < -0.3 is 24.9 Å². The standard InChI is InChI=1S/C13H19N3O5/c1-7-8(2)21-10(15-7)4-14-12(19)16-9-5-20-6-13(9,3)11(17)18/h9H,4-6H2,1-3H3,(H,17,18)(H2,14,16,19). The molecule has 2 unspecified atom stereocenters. The molecule has 1 aliphatic rings. The number of amides is 2. The molecule has 1 saturated heterocycles. The third-order valence-electron chi connectivity index (χ3n) is 3.72.